The fraction of sp³-hybridized carbons (Fsp3) is 0.500. The van der Waals surface area contributed by atoms with Crippen molar-refractivity contribution in [3.8, 4) is 5.75 Å². The number of hydrogen-bond acceptors (Lipinski definition) is 4. The highest BCUT2D eigenvalue weighted by molar-refractivity contribution is 5.75. The van der Waals surface area contributed by atoms with E-state index in [9.17, 15) is 4.79 Å². The first kappa shape index (κ1) is 16.5. The Balaban J connectivity index is 1.51. The zero-order valence-corrected chi connectivity index (χ0v) is 14.3. The Hall–Kier alpha value is -2.37. The van der Waals surface area contributed by atoms with Crippen LogP contribution >= 0.6 is 0 Å². The van der Waals surface area contributed by atoms with Crippen molar-refractivity contribution in [2.75, 3.05) is 13.1 Å². The number of amides is 1. The number of carbonyl (C=O) groups is 1. The van der Waals surface area contributed by atoms with Gasteiger partial charge in [-0.15, -0.1) is 5.10 Å². The average molecular weight is 328 g/mol. The monoisotopic (exact) mass is 328 g/mol. The molecule has 1 aliphatic rings. The van der Waals surface area contributed by atoms with Crippen LogP contribution in [-0.4, -0.2) is 38.9 Å². The van der Waals surface area contributed by atoms with Crippen molar-refractivity contribution < 1.29 is 9.53 Å². The maximum absolute atomic E-state index is 12.3. The molecule has 3 rings (SSSR count). The predicted molar refractivity (Wildman–Crippen MR) is 90.5 cm³/mol. The summed E-state index contributed by atoms with van der Waals surface area (Å²) in [6.07, 6.45) is 3.94. The standard InChI is InChI=1S/C18H24N4O2/c1-14-6-8-21(9-7-14)18(23)12-22-11-16(19-20-22)13-24-17-5-3-4-15(2)10-17/h3-5,10-11,14H,6-9,12-13H2,1-2H3. The van der Waals surface area contributed by atoms with Crippen molar-refractivity contribution >= 4 is 5.91 Å². The number of ether oxygens (including phenoxy) is 1. The molecule has 0 spiro atoms. The third-order valence-electron chi connectivity index (χ3n) is 4.40. The zero-order valence-electron chi connectivity index (χ0n) is 14.3. The fourth-order valence-corrected chi connectivity index (χ4v) is 2.84. The first-order chi connectivity index (χ1) is 11.6. The van der Waals surface area contributed by atoms with Gasteiger partial charge in [-0.05, 0) is 43.4 Å². The summed E-state index contributed by atoms with van der Waals surface area (Å²) in [5.41, 5.74) is 1.87. The number of aromatic nitrogens is 3. The van der Waals surface area contributed by atoms with E-state index < -0.39 is 0 Å². The van der Waals surface area contributed by atoms with E-state index in [-0.39, 0.29) is 12.5 Å². The Morgan fingerprint density at radius 3 is 2.88 bits per heavy atom. The Labute approximate surface area is 142 Å². The van der Waals surface area contributed by atoms with Crippen LogP contribution in [-0.2, 0) is 17.9 Å². The molecule has 0 saturated carbocycles. The lowest BCUT2D eigenvalue weighted by molar-refractivity contribution is -0.133. The molecule has 0 atom stereocenters. The van der Waals surface area contributed by atoms with Gasteiger partial charge in [-0.25, -0.2) is 4.68 Å². The van der Waals surface area contributed by atoms with Gasteiger partial charge in [-0.3, -0.25) is 4.79 Å². The molecule has 1 amide bonds. The van der Waals surface area contributed by atoms with Crippen molar-refractivity contribution in [3.05, 3.63) is 41.7 Å². The summed E-state index contributed by atoms with van der Waals surface area (Å²) in [7, 11) is 0. The molecule has 24 heavy (non-hydrogen) atoms. The third kappa shape index (κ3) is 4.34. The quantitative estimate of drug-likeness (QED) is 0.846. The Morgan fingerprint density at radius 2 is 2.12 bits per heavy atom. The second kappa shape index (κ2) is 7.47. The normalized spacial score (nSPS) is 15.5. The highest BCUT2D eigenvalue weighted by Gasteiger charge is 2.20. The maximum atomic E-state index is 12.3. The van der Waals surface area contributed by atoms with Gasteiger partial charge in [0.25, 0.3) is 0 Å². The molecule has 1 aromatic heterocycles. The maximum Gasteiger partial charge on any atom is 0.244 e. The zero-order chi connectivity index (χ0) is 16.9. The van der Waals surface area contributed by atoms with Crippen LogP contribution in [0.2, 0.25) is 0 Å². The van der Waals surface area contributed by atoms with E-state index >= 15 is 0 Å². The first-order valence-electron chi connectivity index (χ1n) is 8.46. The molecule has 0 radical (unpaired) electrons. The molecule has 1 saturated heterocycles. The van der Waals surface area contributed by atoms with Crippen molar-refractivity contribution in [1.29, 1.82) is 0 Å². The van der Waals surface area contributed by atoms with E-state index in [1.807, 2.05) is 36.1 Å². The Morgan fingerprint density at radius 1 is 1.33 bits per heavy atom. The summed E-state index contributed by atoms with van der Waals surface area (Å²) in [4.78, 5) is 14.2. The van der Waals surface area contributed by atoms with Crippen LogP contribution in [0.25, 0.3) is 0 Å². The van der Waals surface area contributed by atoms with Crippen LogP contribution in [0, 0.1) is 12.8 Å². The molecule has 2 heterocycles. The molecule has 128 valence electrons. The number of hydrogen-bond donors (Lipinski definition) is 0. The third-order valence-corrected chi connectivity index (χ3v) is 4.40. The van der Waals surface area contributed by atoms with Gasteiger partial charge in [0.2, 0.25) is 5.91 Å². The first-order valence-corrected chi connectivity index (χ1v) is 8.46. The minimum atomic E-state index is 0.109. The van der Waals surface area contributed by atoms with Gasteiger partial charge >= 0.3 is 0 Å². The van der Waals surface area contributed by atoms with Gasteiger partial charge in [0, 0.05) is 13.1 Å². The second-order valence-corrected chi connectivity index (χ2v) is 6.58. The second-order valence-electron chi connectivity index (χ2n) is 6.58. The fourth-order valence-electron chi connectivity index (χ4n) is 2.84. The van der Waals surface area contributed by atoms with Gasteiger partial charge in [-0.2, -0.15) is 0 Å². The molecule has 1 fully saturated rings. The van der Waals surface area contributed by atoms with E-state index in [0.29, 0.717) is 12.5 Å². The summed E-state index contributed by atoms with van der Waals surface area (Å²) >= 11 is 0. The van der Waals surface area contributed by atoms with Crippen LogP contribution in [0.5, 0.6) is 5.75 Å². The minimum absolute atomic E-state index is 0.109. The highest BCUT2D eigenvalue weighted by Crippen LogP contribution is 2.16. The summed E-state index contributed by atoms with van der Waals surface area (Å²) in [5, 5.41) is 8.12. The van der Waals surface area contributed by atoms with E-state index in [1.54, 1.807) is 10.9 Å². The molecule has 0 bridgehead atoms. The van der Waals surface area contributed by atoms with Gasteiger partial charge < -0.3 is 9.64 Å². The molecule has 1 aromatic carbocycles. The van der Waals surface area contributed by atoms with E-state index in [4.69, 9.17) is 4.74 Å². The number of likely N-dealkylation sites (tertiary alicyclic amines) is 1. The molecular weight excluding hydrogens is 304 g/mol. The van der Waals surface area contributed by atoms with Crippen molar-refractivity contribution in [1.82, 2.24) is 19.9 Å². The number of aryl methyl sites for hydroxylation is 1. The Kier molecular flexibility index (Phi) is 5.13. The molecule has 1 aliphatic heterocycles. The van der Waals surface area contributed by atoms with Gasteiger partial charge in [-0.1, -0.05) is 24.3 Å². The van der Waals surface area contributed by atoms with E-state index in [1.165, 1.54) is 0 Å². The number of carbonyl (C=O) groups excluding carboxylic acids is 1. The lowest BCUT2D eigenvalue weighted by atomic mass is 9.99. The molecule has 0 aliphatic carbocycles. The van der Waals surface area contributed by atoms with Crippen molar-refractivity contribution in [2.24, 2.45) is 5.92 Å². The molecule has 2 aromatic rings. The van der Waals surface area contributed by atoms with Gasteiger partial charge in [0.1, 0.15) is 24.6 Å². The smallest absolute Gasteiger partial charge is 0.244 e. The summed E-state index contributed by atoms with van der Waals surface area (Å²) in [6, 6.07) is 7.87. The van der Waals surface area contributed by atoms with Crippen LogP contribution in [0.15, 0.2) is 30.5 Å². The van der Waals surface area contributed by atoms with Crippen LogP contribution in [0.1, 0.15) is 31.0 Å². The predicted octanol–water partition coefficient (Wildman–Crippen LogP) is 2.42. The van der Waals surface area contributed by atoms with Crippen LogP contribution in [0.4, 0.5) is 0 Å². The summed E-state index contributed by atoms with van der Waals surface area (Å²) in [5.74, 6) is 1.63. The molecule has 6 heteroatoms. The number of nitrogens with zero attached hydrogens (tertiary/aromatic N) is 4. The largest absolute Gasteiger partial charge is 0.487 e. The molecule has 0 unspecified atom stereocenters. The van der Waals surface area contributed by atoms with Gasteiger partial charge in [0.15, 0.2) is 0 Å². The topological polar surface area (TPSA) is 60.2 Å². The van der Waals surface area contributed by atoms with Crippen molar-refractivity contribution in [3.63, 3.8) is 0 Å². The summed E-state index contributed by atoms with van der Waals surface area (Å²) < 4.78 is 7.30. The van der Waals surface area contributed by atoms with E-state index in [0.717, 1.165) is 42.9 Å². The lowest BCUT2D eigenvalue weighted by Gasteiger charge is -2.30. The van der Waals surface area contributed by atoms with Gasteiger partial charge in [0.05, 0.1) is 6.20 Å². The average Bonchev–Trinajstić information content (AvgIpc) is 3.01. The number of piperidine rings is 1. The van der Waals surface area contributed by atoms with Crippen molar-refractivity contribution in [2.45, 2.75) is 39.8 Å². The summed E-state index contributed by atoms with van der Waals surface area (Å²) in [6.45, 7) is 6.54. The number of rotatable bonds is 5. The lowest BCUT2D eigenvalue weighted by Crippen LogP contribution is -2.39. The SMILES string of the molecule is Cc1cccc(OCc2cn(CC(=O)N3CCC(C)CC3)nn2)c1. The van der Waals surface area contributed by atoms with E-state index in [2.05, 4.69) is 17.2 Å². The number of benzene rings is 1. The molecule has 6 nitrogen and oxygen atoms in total. The minimum Gasteiger partial charge on any atom is -0.487 e. The highest BCUT2D eigenvalue weighted by atomic mass is 16.5. The molecular formula is C18H24N4O2. The van der Waals surface area contributed by atoms with Crippen LogP contribution in [0.3, 0.4) is 0 Å². The van der Waals surface area contributed by atoms with Crippen LogP contribution < -0.4 is 4.74 Å². The Bertz CT molecular complexity index is 690. The molecule has 0 N–H and O–H groups in total.